The Labute approximate surface area is 152 Å². The van der Waals surface area contributed by atoms with Crippen molar-refractivity contribution in [3.63, 3.8) is 0 Å². The number of hydrogen-bond acceptors (Lipinski definition) is 4. The number of carbonyl (C=O) groups is 1. The molecule has 1 unspecified atom stereocenters. The lowest BCUT2D eigenvalue weighted by atomic mass is 10.1. The first-order valence-corrected chi connectivity index (χ1v) is 9.39. The lowest BCUT2D eigenvalue weighted by Crippen LogP contribution is -2.48. The highest BCUT2D eigenvalue weighted by atomic mass is 16.5. The number of likely N-dealkylation sites (N-methyl/N-ethyl adjacent to an activating group) is 1. The number of nitrogens with one attached hydrogen (secondary N) is 1. The molecule has 1 atom stereocenters. The molecule has 1 N–H and O–H groups in total. The molecule has 5 nitrogen and oxygen atoms in total. The van der Waals surface area contributed by atoms with Crippen LogP contribution in [-0.2, 0) is 4.79 Å². The second-order valence-corrected chi connectivity index (χ2v) is 7.20. The minimum absolute atomic E-state index is 0.0523. The summed E-state index contributed by atoms with van der Waals surface area (Å²) < 4.78 is 5.66. The molecule has 2 rings (SSSR count). The standard InChI is InChI=1S/C20H33N3O2/c1-5-22-8-10-23(11-9-22)14-17(3)13-21-20(24)15-25-19-12-16(2)6-7-18(19)4/h6-7,12,17H,5,8-11,13-15H2,1-4H3,(H,21,24). The van der Waals surface area contributed by atoms with Crippen LogP contribution in [0.3, 0.4) is 0 Å². The van der Waals surface area contributed by atoms with E-state index in [0.717, 1.165) is 56.1 Å². The van der Waals surface area contributed by atoms with Crippen LogP contribution >= 0.6 is 0 Å². The van der Waals surface area contributed by atoms with Gasteiger partial charge in [-0.2, -0.15) is 0 Å². The van der Waals surface area contributed by atoms with Gasteiger partial charge in [-0.15, -0.1) is 0 Å². The van der Waals surface area contributed by atoms with Gasteiger partial charge in [-0.1, -0.05) is 26.0 Å². The quantitative estimate of drug-likeness (QED) is 0.782. The average molecular weight is 348 g/mol. The Balaban J connectivity index is 1.65. The first-order chi connectivity index (χ1) is 12.0. The summed E-state index contributed by atoms with van der Waals surface area (Å²) >= 11 is 0. The number of rotatable bonds is 8. The van der Waals surface area contributed by atoms with Crippen LogP contribution in [0, 0.1) is 19.8 Å². The zero-order chi connectivity index (χ0) is 18.2. The number of piperazine rings is 1. The van der Waals surface area contributed by atoms with Gasteiger partial charge in [0, 0.05) is 39.3 Å². The average Bonchev–Trinajstić information content (AvgIpc) is 2.61. The highest BCUT2D eigenvalue weighted by Crippen LogP contribution is 2.18. The molecule has 0 radical (unpaired) electrons. The number of carbonyl (C=O) groups excluding carboxylic acids is 1. The van der Waals surface area contributed by atoms with E-state index in [9.17, 15) is 4.79 Å². The molecule has 0 bridgehead atoms. The van der Waals surface area contributed by atoms with Crippen LogP contribution in [-0.4, -0.2) is 68.1 Å². The van der Waals surface area contributed by atoms with Crippen molar-refractivity contribution < 1.29 is 9.53 Å². The van der Waals surface area contributed by atoms with Crippen molar-refractivity contribution in [3.05, 3.63) is 29.3 Å². The predicted molar refractivity (Wildman–Crippen MR) is 102 cm³/mol. The summed E-state index contributed by atoms with van der Waals surface area (Å²) in [6, 6.07) is 6.04. The van der Waals surface area contributed by atoms with Crippen molar-refractivity contribution in [2.24, 2.45) is 5.92 Å². The second-order valence-electron chi connectivity index (χ2n) is 7.20. The van der Waals surface area contributed by atoms with Crippen molar-refractivity contribution in [1.82, 2.24) is 15.1 Å². The van der Waals surface area contributed by atoms with E-state index in [4.69, 9.17) is 4.74 Å². The molecule has 1 aliphatic heterocycles. The van der Waals surface area contributed by atoms with Crippen molar-refractivity contribution >= 4 is 5.91 Å². The Morgan fingerprint density at radius 1 is 1.20 bits per heavy atom. The van der Waals surface area contributed by atoms with Gasteiger partial charge in [0.15, 0.2) is 6.61 Å². The monoisotopic (exact) mass is 347 g/mol. The maximum atomic E-state index is 12.0. The molecule has 0 aromatic heterocycles. The number of aryl methyl sites for hydroxylation is 2. The third-order valence-corrected chi connectivity index (χ3v) is 4.83. The van der Waals surface area contributed by atoms with Gasteiger partial charge in [0.2, 0.25) is 0 Å². The van der Waals surface area contributed by atoms with Gasteiger partial charge in [-0.05, 0) is 43.5 Å². The van der Waals surface area contributed by atoms with Gasteiger partial charge in [0.25, 0.3) is 5.91 Å². The summed E-state index contributed by atoms with van der Waals surface area (Å²) in [7, 11) is 0. The molecule has 1 fully saturated rings. The van der Waals surface area contributed by atoms with Gasteiger partial charge >= 0.3 is 0 Å². The van der Waals surface area contributed by atoms with Crippen LogP contribution in [0.5, 0.6) is 5.75 Å². The van der Waals surface area contributed by atoms with E-state index < -0.39 is 0 Å². The van der Waals surface area contributed by atoms with E-state index >= 15 is 0 Å². The molecule has 0 aliphatic carbocycles. The molecule has 1 aromatic rings. The van der Waals surface area contributed by atoms with Crippen molar-refractivity contribution in [1.29, 1.82) is 0 Å². The minimum atomic E-state index is -0.0523. The number of ether oxygens (including phenoxy) is 1. The van der Waals surface area contributed by atoms with E-state index in [1.165, 1.54) is 0 Å². The van der Waals surface area contributed by atoms with Crippen LogP contribution in [0.1, 0.15) is 25.0 Å². The topological polar surface area (TPSA) is 44.8 Å². The van der Waals surface area contributed by atoms with E-state index in [-0.39, 0.29) is 12.5 Å². The van der Waals surface area contributed by atoms with E-state index in [1.807, 2.05) is 32.0 Å². The fraction of sp³-hybridized carbons (Fsp3) is 0.650. The van der Waals surface area contributed by atoms with Crippen molar-refractivity contribution in [3.8, 4) is 5.75 Å². The van der Waals surface area contributed by atoms with Crippen molar-refractivity contribution in [2.75, 3.05) is 52.4 Å². The first-order valence-electron chi connectivity index (χ1n) is 9.39. The number of hydrogen-bond donors (Lipinski definition) is 1. The number of nitrogens with zero attached hydrogens (tertiary/aromatic N) is 2. The molecular weight excluding hydrogens is 314 g/mol. The molecule has 1 aliphatic rings. The predicted octanol–water partition coefficient (Wildman–Crippen LogP) is 2.07. The maximum Gasteiger partial charge on any atom is 0.257 e. The molecule has 1 heterocycles. The van der Waals surface area contributed by atoms with Crippen LogP contribution < -0.4 is 10.1 Å². The summed E-state index contributed by atoms with van der Waals surface area (Å²) in [4.78, 5) is 17.0. The van der Waals surface area contributed by atoms with E-state index in [1.54, 1.807) is 0 Å². The Hall–Kier alpha value is -1.59. The molecule has 5 heteroatoms. The molecule has 1 aromatic carbocycles. The largest absolute Gasteiger partial charge is 0.483 e. The fourth-order valence-corrected chi connectivity index (χ4v) is 3.14. The summed E-state index contributed by atoms with van der Waals surface area (Å²) in [5.74, 6) is 1.18. The third kappa shape index (κ3) is 6.67. The molecule has 1 saturated heterocycles. The number of amides is 1. The molecule has 0 spiro atoms. The summed E-state index contributed by atoms with van der Waals surface area (Å²) in [6.07, 6.45) is 0. The van der Waals surface area contributed by atoms with Gasteiger partial charge in [0.05, 0.1) is 0 Å². The zero-order valence-corrected chi connectivity index (χ0v) is 16.2. The van der Waals surface area contributed by atoms with Gasteiger partial charge in [-0.25, -0.2) is 0 Å². The van der Waals surface area contributed by atoms with Crippen molar-refractivity contribution in [2.45, 2.75) is 27.7 Å². The molecule has 25 heavy (non-hydrogen) atoms. The Morgan fingerprint density at radius 2 is 1.88 bits per heavy atom. The van der Waals surface area contributed by atoms with E-state index in [2.05, 4.69) is 29.0 Å². The number of benzene rings is 1. The molecule has 140 valence electrons. The SMILES string of the molecule is CCN1CCN(CC(C)CNC(=O)COc2cc(C)ccc2C)CC1. The highest BCUT2D eigenvalue weighted by molar-refractivity contribution is 5.77. The van der Waals surface area contributed by atoms with Gasteiger partial charge < -0.3 is 19.9 Å². The Morgan fingerprint density at radius 3 is 2.56 bits per heavy atom. The van der Waals surface area contributed by atoms with Crippen LogP contribution in [0.4, 0.5) is 0 Å². The van der Waals surface area contributed by atoms with E-state index in [0.29, 0.717) is 12.5 Å². The highest BCUT2D eigenvalue weighted by Gasteiger charge is 2.17. The summed E-state index contributed by atoms with van der Waals surface area (Å²) in [5.41, 5.74) is 2.19. The van der Waals surface area contributed by atoms with Crippen LogP contribution in [0.25, 0.3) is 0 Å². The van der Waals surface area contributed by atoms with Gasteiger partial charge in [-0.3, -0.25) is 4.79 Å². The Kier molecular flexibility index (Phi) is 7.72. The zero-order valence-electron chi connectivity index (χ0n) is 16.2. The normalized spacial score (nSPS) is 17.3. The smallest absolute Gasteiger partial charge is 0.257 e. The molecule has 0 saturated carbocycles. The third-order valence-electron chi connectivity index (χ3n) is 4.83. The first kappa shape index (κ1) is 19.7. The lowest BCUT2D eigenvalue weighted by molar-refractivity contribution is -0.123. The molecular formula is C20H33N3O2. The molecule has 1 amide bonds. The van der Waals surface area contributed by atoms with Gasteiger partial charge in [0.1, 0.15) is 5.75 Å². The van der Waals surface area contributed by atoms with Crippen LogP contribution in [0.2, 0.25) is 0 Å². The second kappa shape index (κ2) is 9.78. The fourth-order valence-electron chi connectivity index (χ4n) is 3.14. The Bertz CT molecular complexity index is 554. The lowest BCUT2D eigenvalue weighted by Gasteiger charge is -2.35. The summed E-state index contributed by atoms with van der Waals surface area (Å²) in [6.45, 7) is 15.9. The minimum Gasteiger partial charge on any atom is -0.483 e. The summed E-state index contributed by atoms with van der Waals surface area (Å²) in [5, 5.41) is 3.00. The van der Waals surface area contributed by atoms with Crippen LogP contribution in [0.15, 0.2) is 18.2 Å². The maximum absolute atomic E-state index is 12.0.